The summed E-state index contributed by atoms with van der Waals surface area (Å²) in [6, 6.07) is 6.74. The average Bonchev–Trinajstić information content (AvgIpc) is 2.89. The predicted octanol–water partition coefficient (Wildman–Crippen LogP) is 3.61. The highest BCUT2D eigenvalue weighted by Crippen LogP contribution is 2.26. The minimum Gasteiger partial charge on any atom is -0.355 e. The van der Waals surface area contributed by atoms with Crippen LogP contribution in [0.15, 0.2) is 35.8 Å². The Morgan fingerprint density at radius 1 is 1.56 bits per heavy atom. The number of aromatic nitrogens is 1. The molecule has 1 heterocycles. The largest absolute Gasteiger partial charge is 0.355 e. The Morgan fingerprint density at radius 3 is 3.00 bits per heavy atom. The molecule has 1 atom stereocenters. The van der Waals surface area contributed by atoms with Gasteiger partial charge < -0.3 is 5.32 Å². The summed E-state index contributed by atoms with van der Waals surface area (Å²) < 4.78 is 0. The van der Waals surface area contributed by atoms with Crippen molar-refractivity contribution >= 4 is 22.2 Å². The van der Waals surface area contributed by atoms with Gasteiger partial charge in [0.05, 0.1) is 11.0 Å². The first kappa shape index (κ1) is 12.5. The van der Waals surface area contributed by atoms with Gasteiger partial charge in [-0.3, -0.25) is 10.1 Å². The first-order valence-electron chi connectivity index (χ1n) is 5.61. The van der Waals surface area contributed by atoms with Crippen LogP contribution in [0.3, 0.4) is 0 Å². The zero-order chi connectivity index (χ0) is 13.0. The Morgan fingerprint density at radius 2 is 2.39 bits per heavy atom. The van der Waals surface area contributed by atoms with Crippen molar-refractivity contribution < 1.29 is 4.92 Å². The maximum absolute atomic E-state index is 10.8. The molecular weight excluding hydrogens is 250 g/mol. The maximum Gasteiger partial charge on any atom is 0.269 e. The molecule has 0 saturated heterocycles. The Hall–Kier alpha value is -1.95. The lowest BCUT2D eigenvalue weighted by Gasteiger charge is -2.16. The minimum absolute atomic E-state index is 0.0380. The summed E-state index contributed by atoms with van der Waals surface area (Å²) in [6.07, 6.45) is 2.56. The molecule has 1 aromatic heterocycles. The number of nitrogens with zero attached hydrogens (tertiary/aromatic N) is 2. The standard InChI is InChI=1S/C12H13N3O2S/c1-2-11(14-12-13-6-7-18-12)9-4-3-5-10(8-9)15(16)17/h3-8,11H,2H2,1H3,(H,13,14). The van der Waals surface area contributed by atoms with Crippen LogP contribution in [0.1, 0.15) is 24.9 Å². The Kier molecular flexibility index (Phi) is 3.88. The van der Waals surface area contributed by atoms with E-state index in [-0.39, 0.29) is 16.7 Å². The normalized spacial score (nSPS) is 12.1. The monoisotopic (exact) mass is 263 g/mol. The molecule has 2 rings (SSSR count). The summed E-state index contributed by atoms with van der Waals surface area (Å²) in [5.74, 6) is 0. The molecule has 0 amide bonds. The number of nitro benzene ring substituents is 1. The number of benzene rings is 1. The van der Waals surface area contributed by atoms with Gasteiger partial charge in [0.25, 0.3) is 5.69 Å². The second-order valence-corrected chi connectivity index (χ2v) is 4.69. The van der Waals surface area contributed by atoms with Crippen LogP contribution in [0.5, 0.6) is 0 Å². The third-order valence-corrected chi connectivity index (χ3v) is 3.33. The summed E-state index contributed by atoms with van der Waals surface area (Å²) in [6.45, 7) is 2.03. The van der Waals surface area contributed by atoms with Crippen LogP contribution in [0, 0.1) is 10.1 Å². The molecule has 6 heteroatoms. The zero-order valence-electron chi connectivity index (χ0n) is 9.87. The molecule has 0 aliphatic rings. The van der Waals surface area contributed by atoms with Gasteiger partial charge in [-0.15, -0.1) is 11.3 Å². The molecule has 0 fully saturated rings. The molecule has 0 aliphatic heterocycles. The van der Waals surface area contributed by atoms with E-state index >= 15 is 0 Å². The first-order valence-corrected chi connectivity index (χ1v) is 6.49. The van der Waals surface area contributed by atoms with Crippen LogP contribution >= 0.6 is 11.3 Å². The third-order valence-electron chi connectivity index (χ3n) is 2.62. The molecule has 1 N–H and O–H groups in total. The average molecular weight is 263 g/mol. The summed E-state index contributed by atoms with van der Waals surface area (Å²) >= 11 is 1.52. The Bertz CT molecular complexity index is 528. The molecule has 1 aromatic carbocycles. The highest BCUT2D eigenvalue weighted by molar-refractivity contribution is 7.13. The van der Waals surface area contributed by atoms with Gasteiger partial charge in [0, 0.05) is 23.7 Å². The number of hydrogen-bond donors (Lipinski definition) is 1. The van der Waals surface area contributed by atoms with Gasteiger partial charge in [-0.05, 0) is 12.0 Å². The van der Waals surface area contributed by atoms with Gasteiger partial charge >= 0.3 is 0 Å². The number of nitro groups is 1. The summed E-state index contributed by atoms with van der Waals surface area (Å²) in [5.41, 5.74) is 1.02. The minimum atomic E-state index is -0.375. The maximum atomic E-state index is 10.8. The van der Waals surface area contributed by atoms with E-state index in [1.165, 1.54) is 17.4 Å². The highest BCUT2D eigenvalue weighted by atomic mass is 32.1. The molecule has 2 aromatic rings. The zero-order valence-corrected chi connectivity index (χ0v) is 10.7. The van der Waals surface area contributed by atoms with Crippen molar-refractivity contribution in [2.24, 2.45) is 0 Å². The molecule has 5 nitrogen and oxygen atoms in total. The van der Waals surface area contributed by atoms with Crippen molar-refractivity contribution in [3.63, 3.8) is 0 Å². The van der Waals surface area contributed by atoms with Crippen molar-refractivity contribution in [1.82, 2.24) is 4.98 Å². The number of thiazole rings is 1. The Labute approximate surface area is 109 Å². The van der Waals surface area contributed by atoms with Crippen LogP contribution in [0.4, 0.5) is 10.8 Å². The van der Waals surface area contributed by atoms with Gasteiger partial charge in [0.2, 0.25) is 0 Å². The summed E-state index contributed by atoms with van der Waals surface area (Å²) in [7, 11) is 0. The van der Waals surface area contributed by atoms with E-state index in [1.807, 2.05) is 18.4 Å². The van der Waals surface area contributed by atoms with E-state index in [0.29, 0.717) is 0 Å². The second-order valence-electron chi connectivity index (χ2n) is 3.79. The van der Waals surface area contributed by atoms with Crippen molar-refractivity contribution in [3.8, 4) is 0 Å². The number of rotatable bonds is 5. The highest BCUT2D eigenvalue weighted by Gasteiger charge is 2.13. The molecular formula is C12H13N3O2S. The molecule has 0 bridgehead atoms. The predicted molar refractivity (Wildman–Crippen MR) is 71.9 cm³/mol. The third kappa shape index (κ3) is 2.84. The fourth-order valence-corrected chi connectivity index (χ4v) is 2.30. The molecule has 18 heavy (non-hydrogen) atoms. The van der Waals surface area contributed by atoms with E-state index in [9.17, 15) is 10.1 Å². The van der Waals surface area contributed by atoms with Crippen LogP contribution < -0.4 is 5.32 Å². The van der Waals surface area contributed by atoms with Gasteiger partial charge in [-0.1, -0.05) is 19.1 Å². The van der Waals surface area contributed by atoms with Gasteiger partial charge in [-0.2, -0.15) is 0 Å². The number of anilines is 1. The molecule has 0 aliphatic carbocycles. The number of non-ortho nitro benzene ring substituents is 1. The van der Waals surface area contributed by atoms with E-state index in [0.717, 1.165) is 17.1 Å². The second kappa shape index (κ2) is 5.59. The lowest BCUT2D eigenvalue weighted by molar-refractivity contribution is -0.384. The van der Waals surface area contributed by atoms with Gasteiger partial charge in [-0.25, -0.2) is 4.98 Å². The molecule has 0 saturated carbocycles. The van der Waals surface area contributed by atoms with Crippen molar-refractivity contribution in [1.29, 1.82) is 0 Å². The fraction of sp³-hybridized carbons (Fsp3) is 0.250. The van der Waals surface area contributed by atoms with Crippen LogP contribution in [-0.4, -0.2) is 9.91 Å². The van der Waals surface area contributed by atoms with Gasteiger partial charge in [0.15, 0.2) is 5.13 Å². The van der Waals surface area contributed by atoms with Crippen molar-refractivity contribution in [2.75, 3.05) is 5.32 Å². The number of nitrogens with one attached hydrogen (secondary N) is 1. The van der Waals surface area contributed by atoms with Crippen LogP contribution in [-0.2, 0) is 0 Å². The molecule has 1 unspecified atom stereocenters. The fourth-order valence-electron chi connectivity index (χ4n) is 1.72. The Balaban J connectivity index is 2.21. The van der Waals surface area contributed by atoms with Crippen LogP contribution in [0.25, 0.3) is 0 Å². The lowest BCUT2D eigenvalue weighted by Crippen LogP contribution is -2.09. The smallest absolute Gasteiger partial charge is 0.269 e. The first-order chi connectivity index (χ1) is 8.70. The molecule has 0 radical (unpaired) electrons. The molecule has 0 spiro atoms. The van der Waals surface area contributed by atoms with E-state index in [2.05, 4.69) is 10.3 Å². The van der Waals surface area contributed by atoms with Crippen molar-refractivity contribution in [3.05, 3.63) is 51.5 Å². The van der Waals surface area contributed by atoms with E-state index in [4.69, 9.17) is 0 Å². The lowest BCUT2D eigenvalue weighted by atomic mass is 10.0. The van der Waals surface area contributed by atoms with E-state index < -0.39 is 0 Å². The number of hydrogen-bond acceptors (Lipinski definition) is 5. The van der Waals surface area contributed by atoms with Crippen molar-refractivity contribution in [2.45, 2.75) is 19.4 Å². The quantitative estimate of drug-likeness (QED) is 0.661. The summed E-state index contributed by atoms with van der Waals surface area (Å²) in [5, 5.41) is 16.8. The SMILES string of the molecule is CCC(Nc1nccs1)c1cccc([N+](=O)[O-])c1. The van der Waals surface area contributed by atoms with Crippen LogP contribution in [0.2, 0.25) is 0 Å². The van der Waals surface area contributed by atoms with Gasteiger partial charge in [0.1, 0.15) is 0 Å². The topological polar surface area (TPSA) is 68.1 Å². The van der Waals surface area contributed by atoms with E-state index in [1.54, 1.807) is 18.3 Å². The summed E-state index contributed by atoms with van der Waals surface area (Å²) in [4.78, 5) is 14.5. The molecule has 94 valence electrons.